The van der Waals surface area contributed by atoms with Crippen LogP contribution in [0.5, 0.6) is 0 Å². The summed E-state index contributed by atoms with van der Waals surface area (Å²) in [4.78, 5) is 22.5. The van der Waals surface area contributed by atoms with Gasteiger partial charge in [-0.25, -0.2) is 0 Å². The Balaban J connectivity index is 1.36. The lowest BCUT2D eigenvalue weighted by atomic mass is 10.1. The Bertz CT molecular complexity index is 1100. The molecule has 2 atom stereocenters. The fourth-order valence-corrected chi connectivity index (χ4v) is 4.44. The number of aromatic nitrogens is 3. The van der Waals surface area contributed by atoms with Gasteiger partial charge in [0, 0.05) is 30.3 Å². The van der Waals surface area contributed by atoms with Crippen molar-refractivity contribution in [2.75, 3.05) is 11.1 Å². The van der Waals surface area contributed by atoms with Gasteiger partial charge in [0.05, 0.1) is 10.7 Å². The van der Waals surface area contributed by atoms with Crippen LogP contribution in [0.15, 0.2) is 53.7 Å². The number of hydrogen-bond acceptors (Lipinski definition) is 6. The highest BCUT2D eigenvalue weighted by Gasteiger charge is 2.43. The average Bonchev–Trinajstić information content (AvgIpc) is 3.44. The molecule has 1 aliphatic carbocycles. The van der Waals surface area contributed by atoms with Crippen LogP contribution in [0.3, 0.4) is 0 Å². The van der Waals surface area contributed by atoms with E-state index < -0.39 is 4.92 Å². The quantitative estimate of drug-likeness (QED) is 0.316. The molecule has 1 aromatic heterocycles. The number of carbonyl (C=O) groups is 1. The van der Waals surface area contributed by atoms with Gasteiger partial charge in [0.15, 0.2) is 5.16 Å². The molecule has 1 aliphatic rings. The van der Waals surface area contributed by atoms with Crippen molar-refractivity contribution in [1.82, 2.24) is 14.8 Å². The van der Waals surface area contributed by atoms with Gasteiger partial charge in [0.25, 0.3) is 5.69 Å². The van der Waals surface area contributed by atoms with Crippen molar-refractivity contribution in [3.05, 3.63) is 75.6 Å². The Morgan fingerprint density at radius 1 is 1.16 bits per heavy atom. The van der Waals surface area contributed by atoms with Gasteiger partial charge in [-0.2, -0.15) is 0 Å². The van der Waals surface area contributed by atoms with E-state index in [9.17, 15) is 14.9 Å². The SMILES string of the molecule is CCn1c(SCC(=O)Nc2ccc([N+](=O)[O-])cc2)nnc1[C@H]1C[C@@H]1c1ccc(C)cc1. The van der Waals surface area contributed by atoms with Crippen LogP contribution in [-0.4, -0.2) is 31.3 Å². The lowest BCUT2D eigenvalue weighted by Gasteiger charge is -2.08. The minimum absolute atomic E-state index is 0.0139. The number of hydrogen-bond donors (Lipinski definition) is 1. The Labute approximate surface area is 184 Å². The summed E-state index contributed by atoms with van der Waals surface area (Å²) in [6.45, 7) is 4.88. The molecule has 4 rings (SSSR count). The Morgan fingerprint density at radius 2 is 1.87 bits per heavy atom. The van der Waals surface area contributed by atoms with Gasteiger partial charge >= 0.3 is 0 Å². The number of nitrogens with one attached hydrogen (secondary N) is 1. The summed E-state index contributed by atoms with van der Waals surface area (Å²) in [6.07, 6.45) is 1.06. The molecule has 1 saturated carbocycles. The Morgan fingerprint density at radius 3 is 2.52 bits per heavy atom. The summed E-state index contributed by atoms with van der Waals surface area (Å²) >= 11 is 1.34. The van der Waals surface area contributed by atoms with E-state index in [1.54, 1.807) is 0 Å². The number of thioether (sulfide) groups is 1. The van der Waals surface area contributed by atoms with Crippen molar-refractivity contribution < 1.29 is 9.72 Å². The second kappa shape index (κ2) is 8.89. The Kier molecular flexibility index (Phi) is 6.03. The number of benzene rings is 2. The van der Waals surface area contributed by atoms with Crippen LogP contribution < -0.4 is 5.32 Å². The second-order valence-corrected chi connectivity index (χ2v) is 8.53. The molecule has 8 nitrogen and oxygen atoms in total. The molecule has 2 aromatic carbocycles. The summed E-state index contributed by atoms with van der Waals surface area (Å²) < 4.78 is 2.09. The monoisotopic (exact) mass is 437 g/mol. The van der Waals surface area contributed by atoms with E-state index in [1.165, 1.54) is 47.2 Å². The molecule has 9 heteroatoms. The van der Waals surface area contributed by atoms with E-state index in [0.717, 1.165) is 23.9 Å². The number of nitro groups is 1. The number of amides is 1. The predicted molar refractivity (Wildman–Crippen MR) is 119 cm³/mol. The minimum atomic E-state index is -0.472. The third-order valence-electron chi connectivity index (χ3n) is 5.38. The second-order valence-electron chi connectivity index (χ2n) is 7.59. The van der Waals surface area contributed by atoms with Crippen LogP contribution in [0.25, 0.3) is 0 Å². The zero-order chi connectivity index (χ0) is 22.0. The van der Waals surface area contributed by atoms with Gasteiger partial charge in [0.2, 0.25) is 5.91 Å². The van der Waals surface area contributed by atoms with E-state index in [2.05, 4.69) is 58.2 Å². The summed E-state index contributed by atoms with van der Waals surface area (Å²) in [6, 6.07) is 14.4. The molecule has 3 aromatic rings. The molecule has 0 spiro atoms. The van der Waals surface area contributed by atoms with Crippen LogP contribution in [-0.2, 0) is 11.3 Å². The van der Waals surface area contributed by atoms with Crippen molar-refractivity contribution in [3.63, 3.8) is 0 Å². The van der Waals surface area contributed by atoms with Gasteiger partial charge in [0.1, 0.15) is 5.82 Å². The van der Waals surface area contributed by atoms with Gasteiger partial charge < -0.3 is 9.88 Å². The van der Waals surface area contributed by atoms with E-state index in [1.807, 2.05) is 0 Å². The first-order valence-electron chi connectivity index (χ1n) is 10.1. The highest BCUT2D eigenvalue weighted by atomic mass is 32.2. The molecular formula is C22H23N5O3S. The zero-order valence-corrected chi connectivity index (χ0v) is 18.1. The van der Waals surface area contributed by atoms with Crippen molar-refractivity contribution in [2.24, 2.45) is 0 Å². The summed E-state index contributed by atoms with van der Waals surface area (Å²) in [7, 11) is 0. The lowest BCUT2D eigenvalue weighted by Crippen LogP contribution is -2.14. The standard InChI is InChI=1S/C22H23N5O3S/c1-3-26-21(19-12-18(19)15-6-4-14(2)5-7-15)24-25-22(26)31-13-20(28)23-16-8-10-17(11-9-16)27(29)30/h4-11,18-19H,3,12-13H2,1-2H3,(H,23,28)/t18-,19+/m1/s1. The van der Waals surface area contributed by atoms with Crippen LogP contribution in [0.1, 0.15) is 42.1 Å². The molecule has 0 aliphatic heterocycles. The van der Waals surface area contributed by atoms with Crippen LogP contribution >= 0.6 is 11.8 Å². The number of carbonyl (C=O) groups excluding carboxylic acids is 1. The van der Waals surface area contributed by atoms with Gasteiger partial charge in [-0.1, -0.05) is 41.6 Å². The maximum absolute atomic E-state index is 12.3. The van der Waals surface area contributed by atoms with E-state index in [4.69, 9.17) is 0 Å². The van der Waals surface area contributed by atoms with Gasteiger partial charge in [-0.15, -0.1) is 10.2 Å². The molecule has 0 saturated heterocycles. The average molecular weight is 438 g/mol. The normalized spacial score (nSPS) is 17.4. The number of rotatable bonds is 8. The largest absolute Gasteiger partial charge is 0.325 e. The summed E-state index contributed by atoms with van der Waals surface area (Å²) in [5.41, 5.74) is 3.09. The van der Waals surface area contributed by atoms with Crippen molar-refractivity contribution in [2.45, 2.75) is 43.8 Å². The zero-order valence-electron chi connectivity index (χ0n) is 17.3. The van der Waals surface area contributed by atoms with Gasteiger partial charge in [-0.05, 0) is 43.9 Å². The predicted octanol–water partition coefficient (Wildman–Crippen LogP) is 4.52. The van der Waals surface area contributed by atoms with Crippen molar-refractivity contribution >= 4 is 29.0 Å². The Hall–Kier alpha value is -3.20. The van der Waals surface area contributed by atoms with E-state index >= 15 is 0 Å². The smallest absolute Gasteiger partial charge is 0.269 e. The van der Waals surface area contributed by atoms with E-state index in [-0.39, 0.29) is 17.3 Å². The van der Waals surface area contributed by atoms with Crippen molar-refractivity contribution in [1.29, 1.82) is 0 Å². The molecule has 0 bridgehead atoms. The molecule has 0 radical (unpaired) electrons. The number of nitrogens with zero attached hydrogens (tertiary/aromatic N) is 4. The fourth-order valence-electron chi connectivity index (χ4n) is 3.63. The number of anilines is 1. The maximum Gasteiger partial charge on any atom is 0.269 e. The minimum Gasteiger partial charge on any atom is -0.325 e. The number of nitro benzene ring substituents is 1. The lowest BCUT2D eigenvalue weighted by molar-refractivity contribution is -0.384. The third kappa shape index (κ3) is 4.77. The third-order valence-corrected chi connectivity index (χ3v) is 6.35. The highest BCUT2D eigenvalue weighted by Crippen LogP contribution is 2.54. The molecule has 1 N–H and O–H groups in total. The highest BCUT2D eigenvalue weighted by molar-refractivity contribution is 7.99. The van der Waals surface area contributed by atoms with Crippen LogP contribution in [0.4, 0.5) is 11.4 Å². The van der Waals surface area contributed by atoms with Crippen LogP contribution in [0, 0.1) is 17.0 Å². The topological polar surface area (TPSA) is 103 Å². The van der Waals surface area contributed by atoms with Crippen molar-refractivity contribution in [3.8, 4) is 0 Å². The molecule has 1 amide bonds. The summed E-state index contributed by atoms with van der Waals surface area (Å²) in [5, 5.41) is 22.9. The number of aryl methyl sites for hydroxylation is 1. The van der Waals surface area contributed by atoms with E-state index in [0.29, 0.717) is 17.5 Å². The molecule has 1 fully saturated rings. The molecule has 31 heavy (non-hydrogen) atoms. The fraction of sp³-hybridized carbons (Fsp3) is 0.318. The first kappa shape index (κ1) is 21.0. The first-order valence-corrected chi connectivity index (χ1v) is 11.1. The molecule has 1 heterocycles. The molecule has 160 valence electrons. The van der Waals surface area contributed by atoms with Gasteiger partial charge in [-0.3, -0.25) is 14.9 Å². The molecule has 0 unspecified atom stereocenters. The molecular weight excluding hydrogens is 414 g/mol. The first-order chi connectivity index (χ1) is 15.0. The maximum atomic E-state index is 12.3. The number of non-ortho nitro benzene ring substituents is 1. The van der Waals surface area contributed by atoms with Crippen LogP contribution in [0.2, 0.25) is 0 Å². The summed E-state index contributed by atoms with van der Waals surface area (Å²) in [5.74, 6) is 1.79.